The molecule has 1 N–H and O–H groups in total. The first-order valence-corrected chi connectivity index (χ1v) is 11.7. The molecule has 188 valence electrons. The van der Waals surface area contributed by atoms with Gasteiger partial charge in [-0.25, -0.2) is 13.2 Å². The number of hydrogen-bond acceptors (Lipinski definition) is 3. The number of amides is 1. The molecule has 0 radical (unpaired) electrons. The number of carbonyl (C=O) groups excluding carboxylic acids is 2. The van der Waals surface area contributed by atoms with Gasteiger partial charge in [0.05, 0.1) is 16.3 Å². The fourth-order valence-corrected chi connectivity index (χ4v) is 4.29. The summed E-state index contributed by atoms with van der Waals surface area (Å²) in [6.07, 6.45) is 5.28. The summed E-state index contributed by atoms with van der Waals surface area (Å²) in [5, 5.41) is 3.23. The van der Waals surface area contributed by atoms with Gasteiger partial charge in [0.1, 0.15) is 0 Å². The van der Waals surface area contributed by atoms with Crippen molar-refractivity contribution in [1.29, 1.82) is 0 Å². The van der Waals surface area contributed by atoms with Crippen molar-refractivity contribution in [2.75, 3.05) is 6.54 Å². The van der Waals surface area contributed by atoms with Gasteiger partial charge >= 0.3 is 5.97 Å². The minimum Gasteiger partial charge on any atom is -0.420 e. The van der Waals surface area contributed by atoms with Crippen LogP contribution in [0.2, 0.25) is 0 Å². The molecule has 1 amide bonds. The molecule has 5 nitrogen and oxygen atoms in total. The summed E-state index contributed by atoms with van der Waals surface area (Å²) in [6.45, 7) is 0.343. The maximum absolute atomic E-state index is 14.1. The van der Waals surface area contributed by atoms with E-state index < -0.39 is 40.3 Å². The number of halogens is 4. The lowest BCUT2D eigenvalue weighted by atomic mass is 10.0. The highest BCUT2D eigenvalue weighted by Gasteiger charge is 2.27. The smallest absolute Gasteiger partial charge is 0.311 e. The fourth-order valence-electron chi connectivity index (χ4n) is 4.03. The molecule has 3 aromatic carbocycles. The van der Waals surface area contributed by atoms with E-state index in [0.29, 0.717) is 22.9 Å². The average Bonchev–Trinajstić information content (AvgIpc) is 2.91. The van der Waals surface area contributed by atoms with Crippen LogP contribution in [0, 0.1) is 35.6 Å². The Labute approximate surface area is 211 Å². The molecule has 4 aromatic rings. The highest BCUT2D eigenvalue weighted by atomic mass is 31.0. The van der Waals surface area contributed by atoms with E-state index in [1.807, 2.05) is 41.0 Å². The topological polar surface area (TPSA) is 59.3 Å². The third-order valence-corrected chi connectivity index (χ3v) is 6.23. The lowest BCUT2D eigenvalue weighted by Crippen LogP contribution is -2.36. The molecular formula is C27H20F4N2O3P+. The van der Waals surface area contributed by atoms with E-state index in [4.69, 9.17) is 6.42 Å². The van der Waals surface area contributed by atoms with Crippen molar-refractivity contribution in [2.45, 2.75) is 19.4 Å². The molecule has 0 aliphatic carbocycles. The van der Waals surface area contributed by atoms with Crippen LogP contribution < -0.4 is 19.9 Å². The Balaban J connectivity index is 1.49. The van der Waals surface area contributed by atoms with Gasteiger partial charge in [-0.1, -0.05) is 33.5 Å². The number of ether oxygens (including phenoxy) is 1. The van der Waals surface area contributed by atoms with E-state index >= 15 is 0 Å². The lowest BCUT2D eigenvalue weighted by molar-refractivity contribution is -0.632. The summed E-state index contributed by atoms with van der Waals surface area (Å²) in [5.41, 5.74) is 1.98. The predicted molar refractivity (Wildman–Crippen MR) is 133 cm³/mol. The van der Waals surface area contributed by atoms with Crippen LogP contribution in [0.1, 0.15) is 23.2 Å². The van der Waals surface area contributed by atoms with E-state index in [-0.39, 0.29) is 25.3 Å². The molecular weight excluding hydrogens is 507 g/mol. The van der Waals surface area contributed by atoms with E-state index in [2.05, 4.69) is 16.0 Å². The minimum absolute atomic E-state index is 0.0352. The van der Waals surface area contributed by atoms with E-state index in [9.17, 15) is 27.2 Å². The number of nitrogens with zero attached hydrogens (tertiary/aromatic N) is 1. The Hall–Kier alpha value is -4.02. The average molecular weight is 527 g/mol. The van der Waals surface area contributed by atoms with Gasteiger partial charge in [0.25, 0.3) is 5.91 Å². The summed E-state index contributed by atoms with van der Waals surface area (Å²) in [5.74, 6) is -7.30. The summed E-state index contributed by atoms with van der Waals surface area (Å²) >= 11 is 0. The number of rotatable bonds is 7. The summed E-state index contributed by atoms with van der Waals surface area (Å²) < 4.78 is 61.4. The Kier molecular flexibility index (Phi) is 7.70. The van der Waals surface area contributed by atoms with Crippen molar-refractivity contribution < 1.29 is 36.5 Å². The number of terminal acetylenes is 1. The van der Waals surface area contributed by atoms with Crippen LogP contribution in [0.5, 0.6) is 5.75 Å². The number of esters is 1. The van der Waals surface area contributed by atoms with E-state index in [1.165, 1.54) is 0 Å². The molecule has 0 saturated carbocycles. The number of hydrogen-bond donors (Lipinski definition) is 1. The molecule has 0 spiro atoms. The summed E-state index contributed by atoms with van der Waals surface area (Å²) in [4.78, 5) is 25.3. The second kappa shape index (κ2) is 10.9. The van der Waals surface area contributed by atoms with Crippen molar-refractivity contribution >= 4 is 48.2 Å². The van der Waals surface area contributed by atoms with Crippen molar-refractivity contribution in [3.63, 3.8) is 0 Å². The first-order valence-electron chi connectivity index (χ1n) is 11.1. The van der Waals surface area contributed by atoms with Crippen LogP contribution in [0.25, 0.3) is 21.8 Å². The normalized spacial score (nSPS) is 10.9. The Morgan fingerprint density at radius 1 is 0.919 bits per heavy atom. The number of benzene rings is 3. The Bertz CT molecular complexity index is 1510. The van der Waals surface area contributed by atoms with Crippen molar-refractivity contribution in [3.05, 3.63) is 77.4 Å². The van der Waals surface area contributed by atoms with Gasteiger partial charge in [-0.05, 0) is 24.5 Å². The molecule has 0 saturated heterocycles. The molecule has 0 fully saturated rings. The Morgan fingerprint density at radius 3 is 2.11 bits per heavy atom. The molecule has 1 atom stereocenters. The Morgan fingerprint density at radius 2 is 1.51 bits per heavy atom. The molecule has 37 heavy (non-hydrogen) atoms. The number of aromatic nitrogens is 1. The molecule has 10 heteroatoms. The zero-order valence-corrected chi connectivity index (χ0v) is 20.4. The van der Waals surface area contributed by atoms with Gasteiger partial charge in [0.2, 0.25) is 29.1 Å². The number of para-hydroxylation sites is 2. The lowest BCUT2D eigenvalue weighted by Gasteiger charge is -2.12. The maximum atomic E-state index is 14.1. The first kappa shape index (κ1) is 26.1. The van der Waals surface area contributed by atoms with Crippen molar-refractivity contribution in [2.24, 2.45) is 0 Å². The highest BCUT2D eigenvalue weighted by molar-refractivity contribution is 7.27. The van der Waals surface area contributed by atoms with E-state index in [1.54, 1.807) is 21.4 Å². The van der Waals surface area contributed by atoms with Crippen LogP contribution in [0.4, 0.5) is 17.6 Å². The predicted octanol–water partition coefficient (Wildman–Crippen LogP) is 4.09. The molecule has 4 rings (SSSR count). The van der Waals surface area contributed by atoms with Gasteiger partial charge in [0.15, 0.2) is 17.5 Å². The maximum Gasteiger partial charge on any atom is 0.311 e. The molecule has 1 aromatic heterocycles. The second-order valence-electron chi connectivity index (χ2n) is 8.03. The van der Waals surface area contributed by atoms with Gasteiger partial charge in [-0.2, -0.15) is 8.96 Å². The van der Waals surface area contributed by atoms with Crippen molar-refractivity contribution in [1.82, 2.24) is 5.32 Å². The minimum atomic E-state index is -1.95. The molecule has 0 aliphatic rings. The largest absolute Gasteiger partial charge is 0.420 e. The summed E-state index contributed by atoms with van der Waals surface area (Å²) in [7, 11) is 1.58. The van der Waals surface area contributed by atoms with Gasteiger partial charge < -0.3 is 10.1 Å². The molecule has 1 heterocycles. The monoisotopic (exact) mass is 527 g/mol. The third kappa shape index (κ3) is 4.98. The first-order chi connectivity index (χ1) is 17.8. The third-order valence-electron chi connectivity index (χ3n) is 5.72. The van der Waals surface area contributed by atoms with E-state index in [0.717, 1.165) is 11.0 Å². The van der Waals surface area contributed by atoms with Crippen LogP contribution >= 0.6 is 9.24 Å². The number of pyridine rings is 1. The van der Waals surface area contributed by atoms with Crippen LogP contribution in [0.15, 0.2) is 48.5 Å². The fraction of sp³-hybridized carbons (Fsp3) is 0.148. The standard InChI is InChI=1S/C27H19F4N2O3P/c1-2-14-33-17-10-5-3-8-15(17)20(16-9-4-6-11-18(16)33)27(35)32-13-7-12-19(34)36-25-22(29)21(28)23(30)26(37)24(25)31/h1,3-6,8-11H,7,12-14,37H2/p+1. The highest BCUT2D eigenvalue weighted by Crippen LogP contribution is 2.27. The van der Waals surface area contributed by atoms with Crippen LogP contribution in [0.3, 0.4) is 0 Å². The SMILES string of the molecule is C#CC[n+]1c2ccccc2c(C(=O)NCCCC(=O)Oc2c(F)c(F)c(F)c(P)c2F)c2ccccc21. The number of carbonyl (C=O) groups is 2. The zero-order chi connectivity index (χ0) is 26.7. The van der Waals surface area contributed by atoms with Crippen molar-refractivity contribution in [3.8, 4) is 18.1 Å². The quantitative estimate of drug-likeness (QED) is 0.0377. The molecule has 0 bridgehead atoms. The molecule has 0 aliphatic heterocycles. The van der Waals surface area contributed by atoms with Crippen LogP contribution in [-0.4, -0.2) is 18.4 Å². The number of fused-ring (bicyclic) bond motifs is 2. The number of nitrogens with one attached hydrogen (secondary N) is 1. The zero-order valence-electron chi connectivity index (χ0n) is 19.3. The van der Waals surface area contributed by atoms with Crippen LogP contribution in [-0.2, 0) is 11.3 Å². The molecule has 1 unspecified atom stereocenters. The summed E-state index contributed by atoms with van der Waals surface area (Å²) in [6, 6.07) is 14.7. The van der Waals surface area contributed by atoms with Gasteiger partial charge in [0, 0.05) is 30.4 Å². The second-order valence-corrected chi connectivity index (χ2v) is 8.61. The van der Waals surface area contributed by atoms with Gasteiger partial charge in [-0.15, -0.1) is 6.42 Å². The van der Waals surface area contributed by atoms with Gasteiger partial charge in [-0.3, -0.25) is 9.59 Å².